The van der Waals surface area contributed by atoms with Gasteiger partial charge in [-0.1, -0.05) is 44.2 Å². The third-order valence-corrected chi connectivity index (χ3v) is 3.62. The molecule has 76 valence electrons. The van der Waals surface area contributed by atoms with E-state index >= 15 is 0 Å². The summed E-state index contributed by atoms with van der Waals surface area (Å²) in [6.07, 6.45) is 4.14. The molecule has 0 saturated heterocycles. The fraction of sp³-hybridized carbons (Fsp3) is 0.571. The van der Waals surface area contributed by atoms with Crippen LogP contribution in [0.15, 0.2) is 30.3 Å². The van der Waals surface area contributed by atoms with Gasteiger partial charge in [0, 0.05) is 0 Å². The molecule has 0 heteroatoms. The normalized spacial score (nSPS) is 32.0. The van der Waals surface area contributed by atoms with Gasteiger partial charge in [-0.3, -0.25) is 0 Å². The monoisotopic (exact) mass is 188 g/mol. The smallest absolute Gasteiger partial charge is 0.0248 e. The lowest BCUT2D eigenvalue weighted by Crippen LogP contribution is -2.07. The van der Waals surface area contributed by atoms with Gasteiger partial charge in [-0.05, 0) is 42.6 Å². The van der Waals surface area contributed by atoms with Crippen molar-refractivity contribution in [1.82, 2.24) is 0 Å². The largest absolute Gasteiger partial charge is 0.0625 e. The maximum Gasteiger partial charge on any atom is -0.0248 e. The molecule has 0 heterocycles. The molecule has 0 radical (unpaired) electrons. The summed E-state index contributed by atoms with van der Waals surface area (Å²) in [5.41, 5.74) is 1.51. The van der Waals surface area contributed by atoms with Crippen LogP contribution in [0.25, 0.3) is 0 Å². The second kappa shape index (κ2) is 4.16. The van der Waals surface area contributed by atoms with E-state index in [4.69, 9.17) is 0 Å². The van der Waals surface area contributed by atoms with Crippen molar-refractivity contribution in [1.29, 1.82) is 0 Å². The number of benzene rings is 1. The number of rotatable bonds is 2. The Bertz CT molecular complexity index is 275. The van der Waals surface area contributed by atoms with E-state index in [0.717, 1.165) is 17.8 Å². The second-order valence-corrected chi connectivity index (χ2v) is 5.00. The summed E-state index contributed by atoms with van der Waals surface area (Å²) in [6.45, 7) is 4.80. The summed E-state index contributed by atoms with van der Waals surface area (Å²) in [5, 5.41) is 0. The molecule has 1 fully saturated rings. The van der Waals surface area contributed by atoms with Crippen LogP contribution in [-0.2, 0) is 6.42 Å². The van der Waals surface area contributed by atoms with Gasteiger partial charge >= 0.3 is 0 Å². The van der Waals surface area contributed by atoms with Crippen LogP contribution in [0.4, 0.5) is 0 Å². The van der Waals surface area contributed by atoms with Gasteiger partial charge in [0.2, 0.25) is 0 Å². The average molecular weight is 188 g/mol. The number of hydrogen-bond acceptors (Lipinski definition) is 0. The quantitative estimate of drug-likeness (QED) is 0.660. The molecule has 0 aliphatic heterocycles. The van der Waals surface area contributed by atoms with Crippen LogP contribution in [0.2, 0.25) is 0 Å². The third-order valence-electron chi connectivity index (χ3n) is 3.62. The molecule has 0 amide bonds. The first-order chi connectivity index (χ1) is 6.75. The predicted octanol–water partition coefficient (Wildman–Crippen LogP) is 3.91. The standard InChI is InChI=1S/C14H20/c1-11-8-12(2)14(9-11)10-13-6-4-3-5-7-13/h3-7,11-12,14H,8-10H2,1-2H3. The highest BCUT2D eigenvalue weighted by Gasteiger charge is 2.28. The Morgan fingerprint density at radius 3 is 2.36 bits per heavy atom. The van der Waals surface area contributed by atoms with Crippen LogP contribution < -0.4 is 0 Å². The second-order valence-electron chi connectivity index (χ2n) is 5.00. The van der Waals surface area contributed by atoms with Gasteiger partial charge in [-0.2, -0.15) is 0 Å². The molecule has 1 aromatic rings. The molecule has 1 aromatic carbocycles. The SMILES string of the molecule is CC1CC(C)C(Cc2ccccc2)C1. The van der Waals surface area contributed by atoms with Crippen LogP contribution in [-0.4, -0.2) is 0 Å². The molecule has 2 rings (SSSR count). The van der Waals surface area contributed by atoms with Gasteiger partial charge in [0.05, 0.1) is 0 Å². The molecular weight excluding hydrogens is 168 g/mol. The van der Waals surface area contributed by atoms with Crippen LogP contribution in [0.1, 0.15) is 32.3 Å². The lowest BCUT2D eigenvalue weighted by atomic mass is 9.91. The molecule has 3 atom stereocenters. The number of hydrogen-bond donors (Lipinski definition) is 0. The summed E-state index contributed by atoms with van der Waals surface area (Å²) < 4.78 is 0. The molecule has 14 heavy (non-hydrogen) atoms. The van der Waals surface area contributed by atoms with E-state index in [9.17, 15) is 0 Å². The molecule has 0 nitrogen and oxygen atoms in total. The topological polar surface area (TPSA) is 0 Å². The van der Waals surface area contributed by atoms with E-state index in [0.29, 0.717) is 0 Å². The third kappa shape index (κ3) is 2.17. The highest BCUT2D eigenvalue weighted by molar-refractivity contribution is 5.15. The zero-order valence-corrected chi connectivity index (χ0v) is 9.24. The van der Waals surface area contributed by atoms with Crippen molar-refractivity contribution >= 4 is 0 Å². The average Bonchev–Trinajstić information content (AvgIpc) is 2.47. The summed E-state index contributed by atoms with van der Waals surface area (Å²) >= 11 is 0. The Balaban J connectivity index is 1.98. The fourth-order valence-corrected chi connectivity index (χ4v) is 2.87. The lowest BCUT2D eigenvalue weighted by Gasteiger charge is -2.14. The van der Waals surface area contributed by atoms with Crippen molar-refractivity contribution in [2.75, 3.05) is 0 Å². The molecule has 0 bridgehead atoms. The Hall–Kier alpha value is -0.780. The fourth-order valence-electron chi connectivity index (χ4n) is 2.87. The zero-order valence-electron chi connectivity index (χ0n) is 9.24. The summed E-state index contributed by atoms with van der Waals surface area (Å²) in [4.78, 5) is 0. The Morgan fingerprint density at radius 1 is 1.07 bits per heavy atom. The van der Waals surface area contributed by atoms with Crippen molar-refractivity contribution < 1.29 is 0 Å². The summed E-state index contributed by atoms with van der Waals surface area (Å²) in [6, 6.07) is 10.9. The summed E-state index contributed by atoms with van der Waals surface area (Å²) in [5.74, 6) is 2.79. The van der Waals surface area contributed by atoms with Gasteiger partial charge in [0.25, 0.3) is 0 Å². The minimum Gasteiger partial charge on any atom is -0.0625 e. The highest BCUT2D eigenvalue weighted by Crippen LogP contribution is 2.37. The van der Waals surface area contributed by atoms with Crippen LogP contribution in [0.3, 0.4) is 0 Å². The van der Waals surface area contributed by atoms with Crippen molar-refractivity contribution in [2.24, 2.45) is 17.8 Å². The Kier molecular flexibility index (Phi) is 2.90. The van der Waals surface area contributed by atoms with Crippen LogP contribution >= 0.6 is 0 Å². The van der Waals surface area contributed by atoms with Gasteiger partial charge in [-0.15, -0.1) is 0 Å². The molecule has 0 aromatic heterocycles. The molecular formula is C14H20. The molecule has 3 unspecified atom stereocenters. The Morgan fingerprint density at radius 2 is 1.79 bits per heavy atom. The molecule has 0 N–H and O–H groups in total. The van der Waals surface area contributed by atoms with E-state index in [1.165, 1.54) is 24.8 Å². The van der Waals surface area contributed by atoms with E-state index in [1.54, 1.807) is 0 Å². The molecule has 1 aliphatic carbocycles. The first-order valence-electron chi connectivity index (χ1n) is 5.79. The van der Waals surface area contributed by atoms with E-state index in [2.05, 4.69) is 44.2 Å². The van der Waals surface area contributed by atoms with E-state index < -0.39 is 0 Å². The van der Waals surface area contributed by atoms with Gasteiger partial charge in [0.1, 0.15) is 0 Å². The van der Waals surface area contributed by atoms with Gasteiger partial charge < -0.3 is 0 Å². The first-order valence-corrected chi connectivity index (χ1v) is 5.79. The Labute approximate surface area is 87.3 Å². The van der Waals surface area contributed by atoms with E-state index in [-0.39, 0.29) is 0 Å². The zero-order chi connectivity index (χ0) is 9.97. The highest BCUT2D eigenvalue weighted by atomic mass is 14.3. The lowest BCUT2D eigenvalue weighted by molar-refractivity contribution is 0.416. The van der Waals surface area contributed by atoms with Crippen molar-refractivity contribution in [3.8, 4) is 0 Å². The van der Waals surface area contributed by atoms with Crippen LogP contribution in [0, 0.1) is 17.8 Å². The van der Waals surface area contributed by atoms with E-state index in [1.807, 2.05) is 0 Å². The molecule has 1 saturated carbocycles. The van der Waals surface area contributed by atoms with Crippen molar-refractivity contribution in [3.63, 3.8) is 0 Å². The van der Waals surface area contributed by atoms with Gasteiger partial charge in [0.15, 0.2) is 0 Å². The minimum atomic E-state index is 0.921. The van der Waals surface area contributed by atoms with Crippen molar-refractivity contribution in [3.05, 3.63) is 35.9 Å². The van der Waals surface area contributed by atoms with Crippen LogP contribution in [0.5, 0.6) is 0 Å². The first kappa shape index (κ1) is 9.76. The van der Waals surface area contributed by atoms with Crippen molar-refractivity contribution in [2.45, 2.75) is 33.1 Å². The maximum absolute atomic E-state index is 2.41. The maximum atomic E-state index is 2.41. The predicted molar refractivity (Wildman–Crippen MR) is 61.2 cm³/mol. The minimum absolute atomic E-state index is 0.921. The molecule has 1 aliphatic rings. The van der Waals surface area contributed by atoms with Gasteiger partial charge in [-0.25, -0.2) is 0 Å². The summed E-state index contributed by atoms with van der Waals surface area (Å²) in [7, 11) is 0. The molecule has 0 spiro atoms.